The minimum absolute atomic E-state index is 0.0565. The van der Waals surface area contributed by atoms with Gasteiger partial charge in [-0.05, 0) is 32.2 Å². The molecule has 0 amide bonds. The van der Waals surface area contributed by atoms with Crippen LogP contribution in [0.25, 0.3) is 0 Å². The number of hydrogen-bond donors (Lipinski definition) is 1. The van der Waals surface area contributed by atoms with E-state index in [0.29, 0.717) is 5.92 Å². The molecule has 7 heteroatoms. The summed E-state index contributed by atoms with van der Waals surface area (Å²) in [5, 5.41) is 0. The lowest BCUT2D eigenvalue weighted by atomic mass is 9.93. The molecule has 1 aliphatic heterocycles. The van der Waals surface area contributed by atoms with Gasteiger partial charge < -0.3 is 5.73 Å². The number of ketones is 1. The van der Waals surface area contributed by atoms with E-state index in [-0.39, 0.29) is 17.2 Å². The Morgan fingerprint density at radius 3 is 2.57 bits per heavy atom. The van der Waals surface area contributed by atoms with Crippen LogP contribution >= 0.6 is 0 Å². The normalized spacial score (nSPS) is 20.4. The van der Waals surface area contributed by atoms with Gasteiger partial charge in [0.2, 0.25) is 0 Å². The molecule has 2 N–H and O–H groups in total. The smallest absolute Gasteiger partial charge is 0.332 e. The monoisotopic (exact) mass is 322 g/mol. The molecule has 0 bridgehead atoms. The van der Waals surface area contributed by atoms with Gasteiger partial charge in [0, 0.05) is 20.6 Å². The summed E-state index contributed by atoms with van der Waals surface area (Å²) < 4.78 is 2.08. The lowest BCUT2D eigenvalue weighted by Gasteiger charge is -2.35. The van der Waals surface area contributed by atoms with Gasteiger partial charge in [-0.15, -0.1) is 0 Å². The van der Waals surface area contributed by atoms with E-state index in [1.165, 1.54) is 20.5 Å². The minimum atomic E-state index is -0.619. The predicted molar refractivity (Wildman–Crippen MR) is 89.7 cm³/mol. The fraction of sp³-hybridized carbons (Fsp3) is 0.688. The van der Waals surface area contributed by atoms with E-state index in [1.54, 1.807) is 0 Å². The molecular formula is C16H26N4O3. The first-order valence-corrected chi connectivity index (χ1v) is 8.13. The highest BCUT2D eigenvalue weighted by atomic mass is 16.2. The Labute approximate surface area is 135 Å². The zero-order valence-electron chi connectivity index (χ0n) is 14.3. The molecule has 0 aliphatic carbocycles. The Morgan fingerprint density at radius 2 is 1.96 bits per heavy atom. The number of carbonyl (C=O) groups is 1. The minimum Gasteiger partial charge on any atom is -0.384 e. The highest BCUT2D eigenvalue weighted by Gasteiger charge is 2.31. The van der Waals surface area contributed by atoms with Gasteiger partial charge in [0.1, 0.15) is 11.4 Å². The van der Waals surface area contributed by atoms with E-state index in [0.717, 1.165) is 35.1 Å². The Bertz CT molecular complexity index is 719. The van der Waals surface area contributed by atoms with Crippen molar-refractivity contribution in [2.24, 2.45) is 20.0 Å². The summed E-state index contributed by atoms with van der Waals surface area (Å²) in [5.74, 6) is 0.216. The lowest BCUT2D eigenvalue weighted by Crippen LogP contribution is -2.48. The molecule has 128 valence electrons. The molecule has 0 spiro atoms. The maximum Gasteiger partial charge on any atom is 0.332 e. The van der Waals surface area contributed by atoms with Crippen LogP contribution in [-0.4, -0.2) is 38.9 Å². The largest absolute Gasteiger partial charge is 0.384 e. The molecule has 0 aromatic carbocycles. The zero-order valence-corrected chi connectivity index (χ0v) is 14.3. The average molecular weight is 322 g/mol. The van der Waals surface area contributed by atoms with Crippen LogP contribution in [0.3, 0.4) is 0 Å². The van der Waals surface area contributed by atoms with E-state index in [9.17, 15) is 14.4 Å². The second-order valence-electron chi connectivity index (χ2n) is 6.42. The molecule has 2 atom stereocenters. The number of nitrogens with two attached hydrogens (primary N) is 1. The number of carbonyl (C=O) groups excluding carboxylic acids is 1. The van der Waals surface area contributed by atoms with E-state index in [1.807, 2.05) is 6.92 Å². The van der Waals surface area contributed by atoms with Crippen LogP contribution in [-0.2, 0) is 14.1 Å². The van der Waals surface area contributed by atoms with Crippen LogP contribution < -0.4 is 17.0 Å². The number of rotatable bonds is 4. The Morgan fingerprint density at radius 1 is 1.30 bits per heavy atom. The summed E-state index contributed by atoms with van der Waals surface area (Å²) in [6.45, 7) is 5.66. The molecule has 0 radical (unpaired) electrons. The van der Waals surface area contributed by atoms with E-state index >= 15 is 0 Å². The van der Waals surface area contributed by atoms with Crippen LogP contribution in [0.1, 0.15) is 43.5 Å². The summed E-state index contributed by atoms with van der Waals surface area (Å²) in [4.78, 5) is 39.2. The Hall–Kier alpha value is -1.89. The van der Waals surface area contributed by atoms with E-state index < -0.39 is 17.3 Å². The maximum atomic E-state index is 12.8. The summed E-state index contributed by atoms with van der Waals surface area (Å²) >= 11 is 0. The second-order valence-corrected chi connectivity index (χ2v) is 6.42. The van der Waals surface area contributed by atoms with Gasteiger partial charge in [0.15, 0.2) is 5.78 Å². The van der Waals surface area contributed by atoms with E-state index in [2.05, 4.69) is 11.8 Å². The molecule has 23 heavy (non-hydrogen) atoms. The molecule has 0 saturated carbocycles. The second kappa shape index (κ2) is 6.70. The SMILES string of the molecule is CC[C@@H]1CCCN([C@H](C)C(=O)c2c(N)n(C)c(=O)n(C)c2=O)C1. The Kier molecular flexibility index (Phi) is 5.09. The molecule has 0 unspecified atom stereocenters. The average Bonchev–Trinajstić information content (AvgIpc) is 2.57. The molecule has 1 fully saturated rings. The maximum absolute atomic E-state index is 12.8. The molecular weight excluding hydrogens is 296 g/mol. The van der Waals surface area contributed by atoms with Gasteiger partial charge >= 0.3 is 5.69 Å². The van der Waals surface area contributed by atoms with Crippen LogP contribution in [0.4, 0.5) is 5.82 Å². The van der Waals surface area contributed by atoms with Crippen molar-refractivity contribution in [3.63, 3.8) is 0 Å². The highest BCUT2D eigenvalue weighted by Crippen LogP contribution is 2.22. The van der Waals surface area contributed by atoms with Crippen molar-refractivity contribution in [1.82, 2.24) is 14.0 Å². The van der Waals surface area contributed by atoms with Gasteiger partial charge in [0.25, 0.3) is 5.56 Å². The molecule has 7 nitrogen and oxygen atoms in total. The zero-order chi connectivity index (χ0) is 17.3. The van der Waals surface area contributed by atoms with Crippen molar-refractivity contribution in [2.75, 3.05) is 18.8 Å². The highest BCUT2D eigenvalue weighted by molar-refractivity contribution is 6.03. The van der Waals surface area contributed by atoms with Crippen molar-refractivity contribution < 1.29 is 4.79 Å². The third-order valence-electron chi connectivity index (χ3n) is 5.01. The van der Waals surface area contributed by atoms with Crippen LogP contribution in [0.15, 0.2) is 9.59 Å². The molecule has 1 saturated heterocycles. The quantitative estimate of drug-likeness (QED) is 0.808. The van der Waals surface area contributed by atoms with Gasteiger partial charge in [-0.3, -0.25) is 23.6 Å². The number of piperidine rings is 1. The number of nitrogen functional groups attached to an aromatic ring is 1. The third kappa shape index (κ3) is 3.10. The lowest BCUT2D eigenvalue weighted by molar-refractivity contribution is 0.0747. The number of likely N-dealkylation sites (tertiary alicyclic amines) is 1. The molecule has 1 aromatic rings. The van der Waals surface area contributed by atoms with Gasteiger partial charge in [-0.2, -0.15) is 0 Å². The topological polar surface area (TPSA) is 90.3 Å². The predicted octanol–water partition coefficient (Wildman–Crippen LogP) is 0.359. The van der Waals surface area contributed by atoms with Crippen LogP contribution in [0.2, 0.25) is 0 Å². The summed E-state index contributed by atoms with van der Waals surface area (Å²) in [6.07, 6.45) is 3.32. The summed E-state index contributed by atoms with van der Waals surface area (Å²) in [6, 6.07) is -0.420. The van der Waals surface area contributed by atoms with Gasteiger partial charge in [0.05, 0.1) is 6.04 Å². The van der Waals surface area contributed by atoms with Crippen molar-refractivity contribution in [3.8, 4) is 0 Å². The summed E-state index contributed by atoms with van der Waals surface area (Å²) in [5.41, 5.74) is 4.66. The number of nitrogens with zero attached hydrogens (tertiary/aromatic N) is 3. The number of aromatic nitrogens is 2. The fourth-order valence-corrected chi connectivity index (χ4v) is 3.25. The van der Waals surface area contributed by atoms with E-state index in [4.69, 9.17) is 5.73 Å². The first-order chi connectivity index (χ1) is 10.8. The fourth-order valence-electron chi connectivity index (χ4n) is 3.25. The number of hydrogen-bond acceptors (Lipinski definition) is 5. The van der Waals surface area contributed by atoms with Crippen molar-refractivity contribution >= 4 is 11.6 Å². The summed E-state index contributed by atoms with van der Waals surface area (Å²) in [7, 11) is 2.83. The standard InChI is InChI=1S/C16H26N4O3/c1-5-11-7-6-8-20(9-11)10(2)13(21)12-14(17)18(3)16(23)19(4)15(12)22/h10-11H,5-9,17H2,1-4H3/t10-,11-/m1/s1. The van der Waals surface area contributed by atoms with Crippen LogP contribution in [0.5, 0.6) is 0 Å². The first-order valence-electron chi connectivity index (χ1n) is 8.13. The van der Waals surface area contributed by atoms with Crippen molar-refractivity contribution in [2.45, 2.75) is 39.2 Å². The molecule has 2 rings (SSSR count). The molecule has 1 aromatic heterocycles. The number of anilines is 1. The van der Waals surface area contributed by atoms with Crippen molar-refractivity contribution in [3.05, 3.63) is 26.4 Å². The van der Waals surface area contributed by atoms with Gasteiger partial charge in [-0.25, -0.2) is 4.79 Å². The first kappa shape index (κ1) is 17.5. The Balaban J connectivity index is 2.37. The third-order valence-corrected chi connectivity index (χ3v) is 5.01. The molecule has 1 aliphatic rings. The number of Topliss-reactive ketones (excluding diaryl/α,β-unsaturated/α-hetero) is 1. The molecule has 2 heterocycles. The van der Waals surface area contributed by atoms with Crippen LogP contribution in [0, 0.1) is 5.92 Å². The van der Waals surface area contributed by atoms with Gasteiger partial charge in [-0.1, -0.05) is 13.3 Å². The van der Waals surface area contributed by atoms with Crippen molar-refractivity contribution in [1.29, 1.82) is 0 Å².